The van der Waals surface area contributed by atoms with E-state index < -0.39 is 0 Å². The Kier molecular flexibility index (Phi) is 5.68. The SMILES string of the molecule is CC(C)(C)n1nc(C2CC2)cc1C(=O)NCCC(=O)NC1CCCCC1. The summed E-state index contributed by atoms with van der Waals surface area (Å²) in [5.41, 5.74) is 1.35. The van der Waals surface area contributed by atoms with Crippen molar-refractivity contribution in [3.05, 3.63) is 17.5 Å². The van der Waals surface area contributed by atoms with Crippen molar-refractivity contribution in [2.75, 3.05) is 6.54 Å². The Morgan fingerprint density at radius 3 is 2.46 bits per heavy atom. The second kappa shape index (κ2) is 7.80. The molecule has 6 nitrogen and oxygen atoms in total. The Labute approximate surface area is 156 Å². The van der Waals surface area contributed by atoms with Gasteiger partial charge in [-0.2, -0.15) is 5.10 Å². The van der Waals surface area contributed by atoms with Crippen LogP contribution < -0.4 is 10.6 Å². The topological polar surface area (TPSA) is 76.0 Å². The third kappa shape index (κ3) is 4.86. The van der Waals surface area contributed by atoms with Gasteiger partial charge >= 0.3 is 0 Å². The highest BCUT2D eigenvalue weighted by molar-refractivity contribution is 5.93. The molecule has 2 aliphatic carbocycles. The summed E-state index contributed by atoms with van der Waals surface area (Å²) in [5, 5.41) is 10.6. The molecule has 0 saturated heterocycles. The predicted molar refractivity (Wildman–Crippen MR) is 101 cm³/mol. The molecule has 26 heavy (non-hydrogen) atoms. The lowest BCUT2D eigenvalue weighted by Crippen LogP contribution is -2.38. The Balaban J connectivity index is 1.52. The summed E-state index contributed by atoms with van der Waals surface area (Å²) in [4.78, 5) is 24.7. The van der Waals surface area contributed by atoms with E-state index in [-0.39, 0.29) is 17.4 Å². The smallest absolute Gasteiger partial charge is 0.269 e. The zero-order chi connectivity index (χ0) is 18.7. The lowest BCUT2D eigenvalue weighted by molar-refractivity contribution is -0.121. The van der Waals surface area contributed by atoms with E-state index in [9.17, 15) is 9.59 Å². The monoisotopic (exact) mass is 360 g/mol. The standard InChI is InChI=1S/C20H32N4O2/c1-20(2,3)24-17(13-16(23-24)14-9-10-14)19(26)21-12-11-18(25)22-15-7-5-4-6-8-15/h13-15H,4-12H2,1-3H3,(H,21,26)(H,22,25). The van der Waals surface area contributed by atoms with Gasteiger partial charge in [0.25, 0.3) is 5.91 Å². The van der Waals surface area contributed by atoms with Gasteiger partial charge in [-0.25, -0.2) is 0 Å². The van der Waals surface area contributed by atoms with Crippen LogP contribution in [0.3, 0.4) is 0 Å². The van der Waals surface area contributed by atoms with Gasteiger partial charge in [0, 0.05) is 24.9 Å². The molecule has 6 heteroatoms. The van der Waals surface area contributed by atoms with Crippen LogP contribution in [0.25, 0.3) is 0 Å². The second-order valence-corrected chi connectivity index (χ2v) is 8.72. The highest BCUT2D eigenvalue weighted by Crippen LogP contribution is 2.40. The first-order valence-corrected chi connectivity index (χ1v) is 10.0. The molecule has 0 atom stereocenters. The molecule has 144 valence electrons. The van der Waals surface area contributed by atoms with Crippen LogP contribution in [0.5, 0.6) is 0 Å². The summed E-state index contributed by atoms with van der Waals surface area (Å²) in [5.74, 6) is 0.386. The van der Waals surface area contributed by atoms with E-state index >= 15 is 0 Å². The fourth-order valence-electron chi connectivity index (χ4n) is 3.58. The van der Waals surface area contributed by atoms with Gasteiger partial charge in [-0.15, -0.1) is 0 Å². The molecule has 2 aliphatic rings. The van der Waals surface area contributed by atoms with E-state index in [2.05, 4.69) is 15.7 Å². The Morgan fingerprint density at radius 1 is 1.15 bits per heavy atom. The largest absolute Gasteiger partial charge is 0.353 e. The fourth-order valence-corrected chi connectivity index (χ4v) is 3.58. The molecule has 2 saturated carbocycles. The molecule has 3 rings (SSSR count). The maximum absolute atomic E-state index is 12.6. The highest BCUT2D eigenvalue weighted by Gasteiger charge is 2.31. The quantitative estimate of drug-likeness (QED) is 0.818. The van der Waals surface area contributed by atoms with Gasteiger partial charge in [0.05, 0.1) is 11.2 Å². The van der Waals surface area contributed by atoms with Gasteiger partial charge < -0.3 is 10.6 Å². The van der Waals surface area contributed by atoms with Crippen LogP contribution in [0.4, 0.5) is 0 Å². The molecule has 0 aromatic carbocycles. The summed E-state index contributed by atoms with van der Waals surface area (Å²) in [6.07, 6.45) is 8.45. The minimum absolute atomic E-state index is 0.0280. The molecule has 2 N–H and O–H groups in total. The van der Waals surface area contributed by atoms with Crippen LogP contribution >= 0.6 is 0 Å². The number of aromatic nitrogens is 2. The van der Waals surface area contributed by atoms with E-state index in [0.717, 1.165) is 31.4 Å². The van der Waals surface area contributed by atoms with Gasteiger partial charge in [0.2, 0.25) is 5.91 Å². The molecule has 1 heterocycles. The second-order valence-electron chi connectivity index (χ2n) is 8.72. The van der Waals surface area contributed by atoms with Crippen LogP contribution in [0.15, 0.2) is 6.07 Å². The van der Waals surface area contributed by atoms with Gasteiger partial charge in [0.15, 0.2) is 0 Å². The van der Waals surface area contributed by atoms with E-state index in [1.807, 2.05) is 31.5 Å². The van der Waals surface area contributed by atoms with E-state index in [1.54, 1.807) is 0 Å². The molecule has 0 radical (unpaired) electrons. The highest BCUT2D eigenvalue weighted by atomic mass is 16.2. The maximum Gasteiger partial charge on any atom is 0.269 e. The van der Waals surface area contributed by atoms with Crippen LogP contribution in [0, 0.1) is 0 Å². The number of nitrogens with zero attached hydrogens (tertiary/aromatic N) is 2. The van der Waals surface area contributed by atoms with Gasteiger partial charge in [0.1, 0.15) is 5.69 Å². The number of hydrogen-bond donors (Lipinski definition) is 2. The Bertz CT molecular complexity index is 649. The van der Waals surface area contributed by atoms with Crippen molar-refractivity contribution in [2.24, 2.45) is 0 Å². The van der Waals surface area contributed by atoms with Crippen molar-refractivity contribution in [3.8, 4) is 0 Å². The summed E-state index contributed by atoms with van der Waals surface area (Å²) in [6, 6.07) is 2.23. The summed E-state index contributed by atoms with van der Waals surface area (Å²) < 4.78 is 1.82. The molecular weight excluding hydrogens is 328 g/mol. The molecule has 0 unspecified atom stereocenters. The predicted octanol–water partition coefficient (Wildman–Crippen LogP) is 3.08. The van der Waals surface area contributed by atoms with E-state index in [0.29, 0.717) is 30.6 Å². The minimum Gasteiger partial charge on any atom is -0.353 e. The van der Waals surface area contributed by atoms with Gasteiger partial charge in [-0.1, -0.05) is 19.3 Å². The molecule has 1 aromatic rings. The minimum atomic E-state index is -0.252. The number of nitrogens with one attached hydrogen (secondary N) is 2. The zero-order valence-electron chi connectivity index (χ0n) is 16.3. The number of amides is 2. The number of rotatable bonds is 6. The molecule has 2 amide bonds. The zero-order valence-corrected chi connectivity index (χ0v) is 16.3. The Morgan fingerprint density at radius 2 is 1.85 bits per heavy atom. The van der Waals surface area contributed by atoms with Crippen molar-refractivity contribution >= 4 is 11.8 Å². The number of carbonyl (C=O) groups is 2. The summed E-state index contributed by atoms with van der Waals surface area (Å²) in [6.45, 7) is 6.49. The van der Waals surface area contributed by atoms with Crippen molar-refractivity contribution in [3.63, 3.8) is 0 Å². The first kappa shape index (κ1) is 18.9. The van der Waals surface area contributed by atoms with Crippen molar-refractivity contribution in [1.82, 2.24) is 20.4 Å². The average Bonchev–Trinajstić information content (AvgIpc) is 3.32. The normalized spacial score (nSPS) is 18.6. The molecule has 0 spiro atoms. The lowest BCUT2D eigenvalue weighted by Gasteiger charge is -2.23. The fraction of sp³-hybridized carbons (Fsp3) is 0.750. The Hall–Kier alpha value is -1.85. The molecular formula is C20H32N4O2. The van der Waals surface area contributed by atoms with E-state index in [4.69, 9.17) is 0 Å². The molecule has 0 bridgehead atoms. The van der Waals surface area contributed by atoms with Crippen molar-refractivity contribution in [1.29, 1.82) is 0 Å². The first-order valence-electron chi connectivity index (χ1n) is 10.0. The number of hydrogen-bond acceptors (Lipinski definition) is 3. The number of carbonyl (C=O) groups excluding carboxylic acids is 2. The molecule has 2 fully saturated rings. The van der Waals surface area contributed by atoms with Crippen LogP contribution in [-0.4, -0.2) is 34.2 Å². The molecule has 0 aliphatic heterocycles. The van der Waals surface area contributed by atoms with Crippen molar-refractivity contribution in [2.45, 2.75) is 89.6 Å². The van der Waals surface area contributed by atoms with E-state index in [1.165, 1.54) is 19.3 Å². The van der Waals surface area contributed by atoms with Gasteiger partial charge in [-0.3, -0.25) is 14.3 Å². The summed E-state index contributed by atoms with van der Waals surface area (Å²) >= 11 is 0. The first-order chi connectivity index (χ1) is 12.3. The lowest BCUT2D eigenvalue weighted by atomic mass is 9.95. The summed E-state index contributed by atoms with van der Waals surface area (Å²) in [7, 11) is 0. The van der Waals surface area contributed by atoms with Crippen molar-refractivity contribution < 1.29 is 9.59 Å². The van der Waals surface area contributed by atoms with Crippen LogP contribution in [0.2, 0.25) is 0 Å². The van der Waals surface area contributed by atoms with Crippen LogP contribution in [-0.2, 0) is 10.3 Å². The van der Waals surface area contributed by atoms with Crippen LogP contribution in [0.1, 0.15) is 94.2 Å². The third-order valence-corrected chi connectivity index (χ3v) is 5.20. The maximum atomic E-state index is 12.6. The van der Waals surface area contributed by atoms with Gasteiger partial charge in [-0.05, 0) is 52.5 Å². The molecule has 1 aromatic heterocycles. The average molecular weight is 361 g/mol. The third-order valence-electron chi connectivity index (χ3n) is 5.20.